The highest BCUT2D eigenvalue weighted by Gasteiger charge is 2.34. The first-order chi connectivity index (χ1) is 18.5. The van der Waals surface area contributed by atoms with E-state index in [1.54, 1.807) is 11.3 Å². The molecule has 0 bridgehead atoms. The first kappa shape index (κ1) is 25.1. The second-order valence-electron chi connectivity index (χ2n) is 10.7. The number of hydrogen-bond donors (Lipinski definition) is 3. The lowest BCUT2D eigenvalue weighted by molar-refractivity contribution is 0.0673. The van der Waals surface area contributed by atoms with Crippen molar-refractivity contribution in [3.05, 3.63) is 70.4 Å². The smallest absolute Gasteiger partial charge is 0.251 e. The average molecular weight is 531 g/mol. The van der Waals surface area contributed by atoms with Gasteiger partial charge in [0.2, 0.25) is 0 Å². The molecule has 2 aliphatic rings. The molecule has 1 amide bonds. The summed E-state index contributed by atoms with van der Waals surface area (Å²) >= 11 is 1.67. The number of aromatic amines is 1. The average Bonchev–Trinajstić information content (AvgIpc) is 3.44. The van der Waals surface area contributed by atoms with Gasteiger partial charge in [0.05, 0.1) is 23.4 Å². The highest BCUT2D eigenvalue weighted by Crippen LogP contribution is 2.41. The van der Waals surface area contributed by atoms with E-state index < -0.39 is 0 Å². The number of likely N-dealkylation sites (tertiary alicyclic amines) is 1. The van der Waals surface area contributed by atoms with Crippen LogP contribution >= 0.6 is 11.3 Å². The number of amides is 1. The number of piperidine rings is 1. The molecule has 0 unspecified atom stereocenters. The third-order valence-corrected chi connectivity index (χ3v) is 8.30. The van der Waals surface area contributed by atoms with E-state index in [9.17, 15) is 9.90 Å². The predicted octanol–water partition coefficient (Wildman–Crippen LogP) is 5.40. The van der Waals surface area contributed by atoms with E-state index in [4.69, 9.17) is 4.74 Å². The highest BCUT2D eigenvalue weighted by molar-refractivity contribution is 7.08. The lowest BCUT2D eigenvalue weighted by Crippen LogP contribution is -2.41. The van der Waals surface area contributed by atoms with Crippen LogP contribution in [-0.2, 0) is 0 Å². The van der Waals surface area contributed by atoms with Crippen LogP contribution in [0.3, 0.4) is 0 Å². The van der Waals surface area contributed by atoms with Gasteiger partial charge in [0.25, 0.3) is 5.91 Å². The summed E-state index contributed by atoms with van der Waals surface area (Å²) in [6.45, 7) is 4.44. The zero-order chi connectivity index (χ0) is 26.1. The second-order valence-corrected chi connectivity index (χ2v) is 11.4. The van der Waals surface area contributed by atoms with Crippen LogP contribution in [0.5, 0.6) is 5.75 Å². The van der Waals surface area contributed by atoms with E-state index in [0.717, 1.165) is 73.2 Å². The summed E-state index contributed by atoms with van der Waals surface area (Å²) in [6.07, 6.45) is 4.12. The molecule has 2 fully saturated rings. The van der Waals surface area contributed by atoms with Gasteiger partial charge in [-0.15, -0.1) is 0 Å². The van der Waals surface area contributed by atoms with Crippen molar-refractivity contribution in [3.63, 3.8) is 0 Å². The minimum absolute atomic E-state index is 0.0506. The molecular weight excluding hydrogens is 496 g/mol. The molecule has 2 aromatic heterocycles. The number of H-pyrrole nitrogens is 1. The second kappa shape index (κ2) is 10.9. The molecule has 1 saturated heterocycles. The van der Waals surface area contributed by atoms with E-state index in [2.05, 4.69) is 37.2 Å². The van der Waals surface area contributed by atoms with Crippen LogP contribution in [0, 0.1) is 5.92 Å². The molecule has 2 aromatic carbocycles. The fraction of sp³-hybridized carbons (Fsp3) is 0.400. The Bertz CT molecular complexity index is 1370. The predicted molar refractivity (Wildman–Crippen MR) is 151 cm³/mol. The Morgan fingerprint density at radius 1 is 1.16 bits per heavy atom. The summed E-state index contributed by atoms with van der Waals surface area (Å²) < 4.78 is 6.24. The van der Waals surface area contributed by atoms with Gasteiger partial charge in [0, 0.05) is 36.1 Å². The number of nitrogens with one attached hydrogen (secondary N) is 2. The number of carbonyl (C=O) groups is 1. The molecule has 0 radical (unpaired) electrons. The number of aromatic nitrogens is 2. The summed E-state index contributed by atoms with van der Waals surface area (Å²) in [7, 11) is 0. The SMILES string of the molecule is C[C@@H](O)CN1CCC(Oc2ccc(-c3n[nH]c4ccc(C(=O)N[C@H](c5ccsc5)C5CC5)cc34)cc2)CC1. The number of benzene rings is 2. The maximum absolute atomic E-state index is 13.2. The van der Waals surface area contributed by atoms with Crippen molar-refractivity contribution < 1.29 is 14.6 Å². The van der Waals surface area contributed by atoms with Gasteiger partial charge in [0.1, 0.15) is 11.9 Å². The Morgan fingerprint density at radius 3 is 2.63 bits per heavy atom. The topological polar surface area (TPSA) is 90.5 Å². The van der Waals surface area contributed by atoms with Gasteiger partial charge in [-0.1, -0.05) is 0 Å². The normalized spacial score (nSPS) is 18.4. The Labute approximate surface area is 226 Å². The van der Waals surface area contributed by atoms with Gasteiger partial charge in [-0.2, -0.15) is 16.4 Å². The number of nitrogens with zero attached hydrogens (tertiary/aromatic N) is 2. The molecule has 4 aromatic rings. The van der Waals surface area contributed by atoms with E-state index in [-0.39, 0.29) is 24.2 Å². The molecule has 2 atom stereocenters. The standard InChI is InChI=1S/C30H34N4O3S/c1-19(35)17-34-13-10-25(11-14-34)37-24-7-4-21(5-8-24)29-26-16-22(6-9-27(26)32-33-29)30(36)31-28(20-2-3-20)23-12-15-38-18-23/h4-9,12,15-16,18-20,25,28,35H,2-3,10-11,13-14,17H2,1H3,(H,31,36)(H,32,33)/t19-,28+/m1/s1. The fourth-order valence-corrected chi connectivity index (χ4v) is 6.12. The number of fused-ring (bicyclic) bond motifs is 1. The third kappa shape index (κ3) is 5.62. The molecule has 1 aliphatic heterocycles. The van der Waals surface area contributed by atoms with E-state index >= 15 is 0 Å². The van der Waals surface area contributed by atoms with Crippen molar-refractivity contribution in [2.75, 3.05) is 19.6 Å². The summed E-state index contributed by atoms with van der Waals surface area (Å²) in [5, 5.41) is 25.7. The van der Waals surface area contributed by atoms with Crippen LogP contribution in [0.2, 0.25) is 0 Å². The van der Waals surface area contributed by atoms with Crippen molar-refractivity contribution in [2.24, 2.45) is 5.92 Å². The van der Waals surface area contributed by atoms with Crippen LogP contribution in [0.25, 0.3) is 22.2 Å². The van der Waals surface area contributed by atoms with Gasteiger partial charge in [-0.05, 0) is 103 Å². The van der Waals surface area contributed by atoms with E-state index in [0.29, 0.717) is 11.5 Å². The van der Waals surface area contributed by atoms with Gasteiger partial charge in [-0.3, -0.25) is 9.89 Å². The Kier molecular flexibility index (Phi) is 7.19. The van der Waals surface area contributed by atoms with E-state index in [1.807, 2.05) is 49.4 Å². The number of aliphatic hydroxyl groups is 1. The number of thiophene rings is 1. The summed E-state index contributed by atoms with van der Waals surface area (Å²) in [4.78, 5) is 15.5. The van der Waals surface area contributed by atoms with Crippen molar-refractivity contribution >= 4 is 28.1 Å². The Hall–Kier alpha value is -3.20. The lowest BCUT2D eigenvalue weighted by Gasteiger charge is -2.32. The molecule has 1 aliphatic carbocycles. The minimum atomic E-state index is -0.297. The van der Waals surface area contributed by atoms with Gasteiger partial charge >= 0.3 is 0 Å². The van der Waals surface area contributed by atoms with Crippen molar-refractivity contribution in [2.45, 2.75) is 50.9 Å². The molecule has 3 N–H and O–H groups in total. The zero-order valence-corrected chi connectivity index (χ0v) is 22.4. The van der Waals surface area contributed by atoms with Crippen LogP contribution in [0.15, 0.2) is 59.3 Å². The molecule has 6 rings (SSSR count). The van der Waals surface area contributed by atoms with E-state index in [1.165, 1.54) is 5.56 Å². The number of β-amino-alcohol motifs (C(OH)–C–C–N with tert-alkyl or cyclic N) is 1. The maximum Gasteiger partial charge on any atom is 0.251 e. The Morgan fingerprint density at radius 2 is 1.95 bits per heavy atom. The molecule has 3 heterocycles. The van der Waals surface area contributed by atoms with Crippen LogP contribution in [-0.4, -0.2) is 58.0 Å². The summed E-state index contributed by atoms with van der Waals surface area (Å²) in [5.41, 5.74) is 4.54. The molecule has 198 valence electrons. The van der Waals surface area contributed by atoms with Crippen molar-refractivity contribution in [1.82, 2.24) is 20.4 Å². The first-order valence-corrected chi connectivity index (χ1v) is 14.5. The quantitative estimate of drug-likeness (QED) is 0.270. The summed E-state index contributed by atoms with van der Waals surface area (Å²) in [6, 6.07) is 16.0. The molecule has 8 heteroatoms. The van der Waals surface area contributed by atoms with Gasteiger partial charge in [0.15, 0.2) is 0 Å². The first-order valence-electron chi connectivity index (χ1n) is 13.5. The maximum atomic E-state index is 13.2. The number of aliphatic hydroxyl groups excluding tert-OH is 1. The molecule has 38 heavy (non-hydrogen) atoms. The minimum Gasteiger partial charge on any atom is -0.490 e. The van der Waals surface area contributed by atoms with Crippen LogP contribution in [0.1, 0.15) is 54.6 Å². The monoisotopic (exact) mass is 530 g/mol. The van der Waals surface area contributed by atoms with Crippen LogP contribution in [0.4, 0.5) is 0 Å². The number of rotatable bonds is 9. The largest absolute Gasteiger partial charge is 0.490 e. The van der Waals surface area contributed by atoms with Gasteiger partial charge in [-0.25, -0.2) is 0 Å². The number of hydrogen-bond acceptors (Lipinski definition) is 6. The van der Waals surface area contributed by atoms with Gasteiger partial charge < -0.3 is 20.1 Å². The van der Waals surface area contributed by atoms with Crippen molar-refractivity contribution in [1.29, 1.82) is 0 Å². The third-order valence-electron chi connectivity index (χ3n) is 7.59. The highest BCUT2D eigenvalue weighted by atomic mass is 32.1. The van der Waals surface area contributed by atoms with Crippen molar-refractivity contribution in [3.8, 4) is 17.0 Å². The van der Waals surface area contributed by atoms with Crippen LogP contribution < -0.4 is 10.1 Å². The fourth-order valence-electron chi connectivity index (χ4n) is 5.42. The number of ether oxygens (including phenoxy) is 1. The molecule has 0 spiro atoms. The Balaban J connectivity index is 1.14. The molecule has 7 nitrogen and oxygen atoms in total. The molecular formula is C30H34N4O3S. The lowest BCUT2D eigenvalue weighted by atomic mass is 10.0. The zero-order valence-electron chi connectivity index (χ0n) is 21.6. The number of carbonyl (C=O) groups excluding carboxylic acids is 1. The summed E-state index contributed by atoms with van der Waals surface area (Å²) in [5.74, 6) is 1.33. The molecule has 1 saturated carbocycles.